The van der Waals surface area contributed by atoms with Crippen LogP contribution in [0.4, 0.5) is 0 Å². The van der Waals surface area contributed by atoms with E-state index in [0.29, 0.717) is 0 Å². The SMILES string of the molecule is CCC[CH2][Sn+]([CH2]CCC)[CH2]CCC.CCC[CH2][Sn+]([CH2]CCC)[CH2]CCC.CCC[CH2][Sn+]([CH2]CCC)[CH2]CCC.CCC[CH2][Sn+]([CH2]CCC)[CH2]CCC.CCC[CH2][Sn+]([CH2]CCC)[CH2]CCC.CCC[CH2][Sn+]([CH2]CCC)[CH2]CCC.[O-]C([O-])([O-])C([O-])([O-])[O-]. The summed E-state index contributed by atoms with van der Waals surface area (Å²) in [6.45, 7) is 42.0. The van der Waals surface area contributed by atoms with Crippen LogP contribution in [0, 0.1) is 0 Å². The van der Waals surface area contributed by atoms with E-state index in [2.05, 4.69) is 125 Å². The predicted octanol–water partition coefficient (Wildman–Crippen LogP) is 21.7. The molecule has 6 nitrogen and oxygen atoms in total. The van der Waals surface area contributed by atoms with E-state index in [9.17, 15) is 0 Å². The van der Waals surface area contributed by atoms with Crippen LogP contribution in [0.1, 0.15) is 356 Å². The summed E-state index contributed by atoms with van der Waals surface area (Å²) in [4.78, 5) is 0. The molecule has 518 valence electrons. The first-order valence-electron chi connectivity index (χ1n) is 38.6. The molecule has 0 bridgehead atoms. The van der Waals surface area contributed by atoms with Gasteiger partial charge in [0.2, 0.25) is 0 Å². The quantitative estimate of drug-likeness (QED) is 0.0439. The van der Waals surface area contributed by atoms with Gasteiger partial charge >= 0.3 is 554 Å². The Balaban J connectivity index is -0.000000170. The van der Waals surface area contributed by atoms with Crippen LogP contribution in [0.2, 0.25) is 79.9 Å². The molecular weight excluding hydrogens is 1700 g/mol. The summed E-state index contributed by atoms with van der Waals surface area (Å²) in [5.41, 5.74) is 0. The summed E-state index contributed by atoms with van der Waals surface area (Å²) in [5.74, 6) is -9.96. The van der Waals surface area contributed by atoms with Crippen LogP contribution >= 0.6 is 0 Å². The van der Waals surface area contributed by atoms with Crippen LogP contribution in [-0.2, 0) is 0 Å². The first-order chi connectivity index (χ1) is 41.3. The first-order valence-corrected chi connectivity index (χ1v) is 74.9. The van der Waals surface area contributed by atoms with E-state index in [1.165, 1.54) is 231 Å². The molecule has 0 aromatic rings. The summed E-state index contributed by atoms with van der Waals surface area (Å²) < 4.78 is 30.2. The van der Waals surface area contributed by atoms with Gasteiger partial charge in [-0.1, -0.05) is 0 Å². The van der Waals surface area contributed by atoms with Crippen molar-refractivity contribution in [1.82, 2.24) is 0 Å². The largest absolute Gasteiger partial charge is 0.879 e. The summed E-state index contributed by atoms with van der Waals surface area (Å²) in [5, 5.41) is 54.5. The molecule has 0 aliphatic heterocycles. The van der Waals surface area contributed by atoms with E-state index in [4.69, 9.17) is 30.6 Å². The molecule has 0 saturated carbocycles. The van der Waals surface area contributed by atoms with Gasteiger partial charge in [-0.2, -0.15) is 0 Å². The Morgan fingerprint density at radius 2 is 0.198 bits per heavy atom. The molecule has 0 rings (SSSR count). The number of hydrogen-bond donors (Lipinski definition) is 0. The van der Waals surface area contributed by atoms with Crippen LogP contribution in [0.25, 0.3) is 0 Å². The average Bonchev–Trinajstić information content (AvgIpc) is 3.60. The third-order valence-electron chi connectivity index (χ3n) is 16.3. The van der Waals surface area contributed by atoms with Crippen molar-refractivity contribution in [1.29, 1.82) is 0 Å². The normalized spacial score (nSPS) is 10.7. The Morgan fingerprint density at radius 1 is 0.140 bits per heavy atom. The van der Waals surface area contributed by atoms with Gasteiger partial charge in [-0.25, -0.2) is 0 Å². The molecule has 0 saturated heterocycles. The van der Waals surface area contributed by atoms with Crippen molar-refractivity contribution >= 4 is 119 Å². The minimum absolute atomic E-state index is 0.839. The minimum Gasteiger partial charge on any atom is -0.879 e. The van der Waals surface area contributed by atoms with Crippen molar-refractivity contribution in [2.75, 3.05) is 0 Å². The molecule has 0 amide bonds. The fraction of sp³-hybridized carbons (Fsp3) is 1.00. The fourth-order valence-electron chi connectivity index (χ4n) is 9.93. The Bertz CT molecular complexity index is 805. The summed E-state index contributed by atoms with van der Waals surface area (Å²) >= 11 is -5.04. The second kappa shape index (κ2) is 89.6. The zero-order valence-electron chi connectivity index (χ0n) is 62.6. The molecule has 0 aliphatic rings. The Kier molecular flexibility index (Phi) is 108. The monoisotopic (exact) mass is 1870 g/mol. The fourth-order valence-corrected chi connectivity index (χ4v) is 66.6. The van der Waals surface area contributed by atoms with E-state index < -0.39 is 131 Å². The molecule has 0 heterocycles. The Hall–Kier alpha value is 4.55. The maximum absolute atomic E-state index is 9.08. The van der Waals surface area contributed by atoms with Crippen molar-refractivity contribution in [3.63, 3.8) is 0 Å². The molecule has 0 aromatic heterocycles. The number of unbranched alkanes of at least 4 members (excludes halogenated alkanes) is 18. The second-order valence-electron chi connectivity index (χ2n) is 25.5. The molecule has 0 radical (unpaired) electrons. The first kappa shape index (κ1) is 104. The van der Waals surface area contributed by atoms with Crippen LogP contribution in [-0.4, -0.2) is 131 Å². The van der Waals surface area contributed by atoms with Gasteiger partial charge < -0.3 is 42.6 Å². The molecule has 0 atom stereocenters. The van der Waals surface area contributed by atoms with E-state index >= 15 is 0 Å². The van der Waals surface area contributed by atoms with Crippen molar-refractivity contribution < 1.29 is 30.6 Å². The van der Waals surface area contributed by atoms with Gasteiger partial charge in [-0.15, -0.1) is 0 Å². The van der Waals surface area contributed by atoms with E-state index in [1.54, 1.807) is 79.9 Å². The molecule has 0 N–H and O–H groups in total. The molecule has 86 heavy (non-hydrogen) atoms. The summed E-state index contributed by atoms with van der Waals surface area (Å²) in [6, 6.07) is 0. The molecule has 12 heteroatoms. The van der Waals surface area contributed by atoms with Crippen LogP contribution in [0.5, 0.6) is 0 Å². The third kappa shape index (κ3) is 92.7. The van der Waals surface area contributed by atoms with Gasteiger partial charge in [-0.05, 0) is 0 Å². The number of hydrogen-bond acceptors (Lipinski definition) is 6. The number of rotatable bonds is 55. The van der Waals surface area contributed by atoms with Gasteiger partial charge in [0.15, 0.2) is 0 Å². The van der Waals surface area contributed by atoms with Crippen LogP contribution in [0.3, 0.4) is 0 Å². The summed E-state index contributed by atoms with van der Waals surface area (Å²) in [7, 11) is 0. The van der Waals surface area contributed by atoms with Gasteiger partial charge in [0.25, 0.3) is 0 Å². The smallest absolute Gasteiger partial charge is 0.364 e. The van der Waals surface area contributed by atoms with Gasteiger partial charge in [0, 0.05) is 0 Å². The summed E-state index contributed by atoms with van der Waals surface area (Å²) in [6.07, 6.45) is 53.1. The van der Waals surface area contributed by atoms with Crippen molar-refractivity contribution in [3.05, 3.63) is 0 Å². The van der Waals surface area contributed by atoms with Gasteiger partial charge in [0.05, 0.1) is 0 Å². The van der Waals surface area contributed by atoms with Gasteiger partial charge in [-0.3, -0.25) is 0 Å². The molecule has 0 aromatic carbocycles. The standard InChI is InChI=1S/18C4H9.C2O6.6Sn/c18*1-3-4-2;3-1(4,5)2(6,7)8;;;;;;/h18*1,3-4H2,2H3;;;;;;;/q;;;;;;;;;;;;;;;;;;-6;6*+1. The molecule has 0 unspecified atom stereocenters. The maximum Gasteiger partial charge on any atom is -0.364 e. The molecule has 0 aliphatic carbocycles. The Labute approximate surface area is 589 Å². The molecule has 0 fully saturated rings. The molecular formula is C74H162O6Sn6. The maximum atomic E-state index is 9.08. The zero-order chi connectivity index (χ0) is 66.6. The van der Waals surface area contributed by atoms with Crippen LogP contribution in [0.15, 0.2) is 0 Å². The van der Waals surface area contributed by atoms with Gasteiger partial charge in [0.1, 0.15) is 0 Å². The van der Waals surface area contributed by atoms with Crippen LogP contribution < -0.4 is 30.6 Å². The minimum atomic E-state index is -4.98. The van der Waals surface area contributed by atoms with Crippen molar-refractivity contribution in [3.8, 4) is 0 Å². The average molecular weight is 1860 g/mol. The second-order valence-corrected chi connectivity index (χ2v) is 76.9. The van der Waals surface area contributed by atoms with Crippen molar-refractivity contribution in [2.24, 2.45) is 0 Å². The topological polar surface area (TPSA) is 138 Å². The predicted molar refractivity (Wildman–Crippen MR) is 395 cm³/mol. The van der Waals surface area contributed by atoms with Crippen molar-refractivity contribution in [2.45, 2.75) is 448 Å². The molecule has 0 spiro atoms. The van der Waals surface area contributed by atoms with E-state index in [-0.39, 0.29) is 0 Å². The third-order valence-corrected chi connectivity index (χ3v) is 70.8. The van der Waals surface area contributed by atoms with E-state index in [1.807, 2.05) is 0 Å². The van der Waals surface area contributed by atoms with E-state index in [0.717, 1.165) is 0 Å². The Morgan fingerprint density at radius 3 is 0.233 bits per heavy atom. The zero-order valence-corrected chi connectivity index (χ0v) is 79.8.